The van der Waals surface area contributed by atoms with Gasteiger partial charge in [-0.2, -0.15) is 0 Å². The van der Waals surface area contributed by atoms with E-state index in [1.165, 1.54) is 0 Å². The Labute approximate surface area is 67.6 Å². The topological polar surface area (TPSA) is 115 Å². The van der Waals surface area contributed by atoms with Crippen molar-refractivity contribution in [1.29, 1.82) is 0 Å². The molecular formula is CH7BrO6P2+2. The highest BCUT2D eigenvalue weighted by Gasteiger charge is 1.93. The van der Waals surface area contributed by atoms with Crippen LogP contribution in [0.1, 0.15) is 0 Å². The van der Waals surface area contributed by atoms with Crippen molar-refractivity contribution in [3.8, 4) is 0 Å². The van der Waals surface area contributed by atoms with Crippen LogP contribution >= 0.6 is 32.4 Å². The third-order valence-electron chi connectivity index (χ3n) is 0. The molecule has 0 saturated heterocycles. The number of hydrogen-bond donors (Lipinski definition) is 4. The molecule has 10 heavy (non-hydrogen) atoms. The zero-order valence-electron chi connectivity index (χ0n) is 4.88. The quantitative estimate of drug-likeness (QED) is 0.365. The fourth-order valence-electron chi connectivity index (χ4n) is 0. The first-order valence-electron chi connectivity index (χ1n) is 1.54. The molecule has 0 radical (unpaired) electrons. The molecule has 0 aliphatic rings. The Morgan fingerprint density at radius 3 is 0.900 bits per heavy atom. The molecule has 4 N–H and O–H groups in total. The summed E-state index contributed by atoms with van der Waals surface area (Å²) in [6.45, 7) is 0. The fraction of sp³-hybridized carbons (Fsp3) is 1.00. The van der Waals surface area contributed by atoms with Gasteiger partial charge in [0.15, 0.2) is 0 Å². The summed E-state index contributed by atoms with van der Waals surface area (Å²) in [5.41, 5.74) is 0. The van der Waals surface area contributed by atoms with Crippen LogP contribution in [0.4, 0.5) is 0 Å². The molecule has 6 nitrogen and oxygen atoms in total. The summed E-state index contributed by atoms with van der Waals surface area (Å²) in [7, 11) is -5.74. The molecule has 0 fully saturated rings. The standard InChI is InChI=1S/CH3Br.2HO3P/c1-2;2*1-4(2)3/h1H3;2*(H-,1,2,3)/p+2. The predicted octanol–water partition coefficient (Wildman–Crippen LogP) is 0.268. The summed E-state index contributed by atoms with van der Waals surface area (Å²) in [6.07, 6.45) is 0. The van der Waals surface area contributed by atoms with Gasteiger partial charge in [-0.05, 0) is 5.83 Å². The molecule has 0 heterocycles. The summed E-state index contributed by atoms with van der Waals surface area (Å²) < 4.78 is 17.4. The van der Waals surface area contributed by atoms with Gasteiger partial charge in [0.05, 0.1) is 0 Å². The molecule has 0 amide bonds. The monoisotopic (exact) mass is 256 g/mol. The Morgan fingerprint density at radius 1 is 0.900 bits per heavy atom. The van der Waals surface area contributed by atoms with Gasteiger partial charge in [-0.1, -0.05) is 15.9 Å². The van der Waals surface area contributed by atoms with E-state index in [2.05, 4.69) is 15.9 Å². The van der Waals surface area contributed by atoms with Crippen molar-refractivity contribution in [3.05, 3.63) is 0 Å². The van der Waals surface area contributed by atoms with Gasteiger partial charge in [-0.25, -0.2) is 0 Å². The van der Waals surface area contributed by atoms with E-state index >= 15 is 0 Å². The molecule has 0 bridgehead atoms. The van der Waals surface area contributed by atoms with Crippen molar-refractivity contribution in [2.75, 3.05) is 5.83 Å². The average Bonchev–Trinajstić information content (AvgIpc) is 1.66. The summed E-state index contributed by atoms with van der Waals surface area (Å²) in [4.78, 5) is 28.5. The maximum atomic E-state index is 8.70. The van der Waals surface area contributed by atoms with E-state index in [4.69, 9.17) is 28.7 Å². The van der Waals surface area contributed by atoms with E-state index < -0.39 is 16.5 Å². The minimum absolute atomic E-state index is 1.81. The lowest BCUT2D eigenvalue weighted by atomic mass is 12.0. The van der Waals surface area contributed by atoms with Gasteiger partial charge in [-0.3, -0.25) is 0 Å². The molecule has 0 aromatic heterocycles. The zero-order chi connectivity index (χ0) is 9.15. The minimum Gasteiger partial charge on any atom is -0.134 e. The SMILES string of the molecule is CBr.O=[P+](O)O.O=[P+](O)O. The molecular weight excluding hydrogens is 250 g/mol. The van der Waals surface area contributed by atoms with Crippen LogP contribution in [0.2, 0.25) is 0 Å². The van der Waals surface area contributed by atoms with Gasteiger partial charge in [0.1, 0.15) is 0 Å². The molecule has 0 rings (SSSR count). The molecule has 0 aliphatic heterocycles. The Kier molecular flexibility index (Phi) is 27.4. The summed E-state index contributed by atoms with van der Waals surface area (Å²) >= 11 is 2.94. The maximum Gasteiger partial charge on any atom is 0.692 e. The van der Waals surface area contributed by atoms with Crippen LogP contribution in [0.5, 0.6) is 0 Å². The second-order valence-corrected chi connectivity index (χ2v) is 1.52. The molecule has 0 atom stereocenters. The lowest BCUT2D eigenvalue weighted by Crippen LogP contribution is -1.38. The van der Waals surface area contributed by atoms with Crippen LogP contribution in [0.3, 0.4) is 0 Å². The minimum atomic E-state index is -2.87. The number of halogens is 1. The number of rotatable bonds is 0. The van der Waals surface area contributed by atoms with Crippen molar-refractivity contribution in [3.63, 3.8) is 0 Å². The van der Waals surface area contributed by atoms with E-state index in [0.29, 0.717) is 0 Å². The third kappa shape index (κ3) is 1780. The van der Waals surface area contributed by atoms with Crippen molar-refractivity contribution < 1.29 is 28.7 Å². The van der Waals surface area contributed by atoms with Crippen LogP contribution in [0, 0.1) is 0 Å². The average molecular weight is 257 g/mol. The molecule has 9 heteroatoms. The molecule has 0 saturated carbocycles. The van der Waals surface area contributed by atoms with Crippen LogP contribution in [-0.2, 0) is 9.13 Å². The highest BCUT2D eigenvalue weighted by Crippen LogP contribution is 1.98. The van der Waals surface area contributed by atoms with Crippen molar-refractivity contribution in [2.24, 2.45) is 0 Å². The first-order chi connectivity index (χ1) is 4.46. The lowest BCUT2D eigenvalue weighted by Gasteiger charge is -1.34. The smallest absolute Gasteiger partial charge is 0.134 e. The van der Waals surface area contributed by atoms with Crippen LogP contribution in [-0.4, -0.2) is 25.4 Å². The Hall–Kier alpha value is 0.520. The van der Waals surface area contributed by atoms with Gasteiger partial charge in [-0.15, -0.1) is 19.6 Å². The van der Waals surface area contributed by atoms with E-state index in [1.807, 2.05) is 5.83 Å². The van der Waals surface area contributed by atoms with E-state index in [1.54, 1.807) is 0 Å². The molecule has 0 aromatic carbocycles. The van der Waals surface area contributed by atoms with Gasteiger partial charge >= 0.3 is 16.5 Å². The first-order valence-corrected chi connectivity index (χ1v) is 5.46. The van der Waals surface area contributed by atoms with E-state index in [0.717, 1.165) is 0 Å². The summed E-state index contributed by atoms with van der Waals surface area (Å²) in [5, 5.41) is 0. The Balaban J connectivity index is -0.0000000787. The third-order valence-corrected chi connectivity index (χ3v) is 0. The molecule has 62 valence electrons. The van der Waals surface area contributed by atoms with E-state index in [-0.39, 0.29) is 0 Å². The summed E-state index contributed by atoms with van der Waals surface area (Å²) in [6, 6.07) is 0. The first kappa shape index (κ1) is 16.9. The molecule has 0 aromatic rings. The molecule has 0 unspecified atom stereocenters. The molecule has 0 spiro atoms. The second kappa shape index (κ2) is 16.3. The number of alkyl halides is 1. The van der Waals surface area contributed by atoms with Crippen molar-refractivity contribution in [1.82, 2.24) is 0 Å². The lowest BCUT2D eigenvalue weighted by molar-refractivity contribution is 0.403. The highest BCUT2D eigenvalue weighted by atomic mass is 79.9. The van der Waals surface area contributed by atoms with Crippen molar-refractivity contribution in [2.45, 2.75) is 0 Å². The maximum absolute atomic E-state index is 8.70. The Bertz CT molecular complexity index is 73.7. The van der Waals surface area contributed by atoms with Crippen LogP contribution in [0.15, 0.2) is 0 Å². The van der Waals surface area contributed by atoms with Gasteiger partial charge in [0.2, 0.25) is 0 Å². The normalized spacial score (nSPS) is 5.80. The Morgan fingerprint density at radius 2 is 0.900 bits per heavy atom. The van der Waals surface area contributed by atoms with Gasteiger partial charge in [0, 0.05) is 9.13 Å². The van der Waals surface area contributed by atoms with Crippen molar-refractivity contribution >= 4 is 32.4 Å². The second-order valence-electron chi connectivity index (χ2n) is 0.505. The summed E-state index contributed by atoms with van der Waals surface area (Å²) in [5.74, 6) is 1.81. The van der Waals surface area contributed by atoms with E-state index in [9.17, 15) is 0 Å². The van der Waals surface area contributed by atoms with Gasteiger partial charge in [0.25, 0.3) is 0 Å². The van der Waals surface area contributed by atoms with Crippen LogP contribution in [0.25, 0.3) is 0 Å². The fourth-order valence-corrected chi connectivity index (χ4v) is 0. The number of hydrogen-bond acceptors (Lipinski definition) is 2. The largest absolute Gasteiger partial charge is 0.692 e. The highest BCUT2D eigenvalue weighted by molar-refractivity contribution is 9.08. The molecule has 0 aliphatic carbocycles. The van der Waals surface area contributed by atoms with Crippen LogP contribution < -0.4 is 0 Å². The zero-order valence-corrected chi connectivity index (χ0v) is 8.25. The van der Waals surface area contributed by atoms with Gasteiger partial charge < -0.3 is 0 Å². The predicted molar refractivity (Wildman–Crippen MR) is 38.9 cm³/mol.